The molecule has 1 aromatic rings. The zero-order chi connectivity index (χ0) is 21.0. The molecule has 3 nitrogen and oxygen atoms in total. The van der Waals surface area contributed by atoms with E-state index in [0.717, 1.165) is 25.9 Å². The maximum Gasteiger partial charge on any atom is 0.303 e. The van der Waals surface area contributed by atoms with Gasteiger partial charge in [-0.05, 0) is 51.0 Å². The molecule has 0 radical (unpaired) electrons. The molecule has 0 heterocycles. The predicted molar refractivity (Wildman–Crippen MR) is 122 cm³/mol. The minimum absolute atomic E-state index is 0.197. The van der Waals surface area contributed by atoms with Gasteiger partial charge in [0.05, 0.1) is 6.10 Å². The molecule has 164 valence electrons. The highest BCUT2D eigenvalue weighted by molar-refractivity contribution is 5.66. The molecule has 0 aliphatic heterocycles. The van der Waals surface area contributed by atoms with E-state index < -0.39 is 5.97 Å². The highest BCUT2D eigenvalue weighted by atomic mass is 16.5. The number of hydrogen-bond donors (Lipinski definition) is 1. The van der Waals surface area contributed by atoms with Crippen LogP contribution in [0.4, 0.5) is 0 Å². The van der Waals surface area contributed by atoms with Crippen LogP contribution in [-0.4, -0.2) is 17.7 Å². The third-order valence-electron chi connectivity index (χ3n) is 5.33. The van der Waals surface area contributed by atoms with Crippen molar-refractivity contribution in [2.75, 3.05) is 6.61 Å². The van der Waals surface area contributed by atoms with Crippen molar-refractivity contribution in [1.29, 1.82) is 0 Å². The Kier molecular flexibility index (Phi) is 16.2. The summed E-state index contributed by atoms with van der Waals surface area (Å²) in [4.78, 5) is 10.4. The number of unbranched alkanes of at least 4 members (excludes halogenated alkanes) is 11. The number of ether oxygens (including phenoxy) is 1. The van der Waals surface area contributed by atoms with E-state index in [4.69, 9.17) is 9.84 Å². The van der Waals surface area contributed by atoms with E-state index >= 15 is 0 Å². The highest BCUT2D eigenvalue weighted by Gasteiger charge is 2.03. The van der Waals surface area contributed by atoms with Crippen LogP contribution in [0.2, 0.25) is 0 Å². The summed E-state index contributed by atoms with van der Waals surface area (Å²) in [5.41, 5.74) is 1.26. The summed E-state index contributed by atoms with van der Waals surface area (Å²) in [6, 6.07) is 10.4. The number of hydrogen-bond acceptors (Lipinski definition) is 2. The molecule has 1 aromatic carbocycles. The van der Waals surface area contributed by atoms with E-state index in [9.17, 15) is 4.79 Å². The number of carboxylic acid groups (broad SMARTS) is 1. The number of rotatable bonds is 19. The lowest BCUT2D eigenvalue weighted by Gasteiger charge is -2.13. The Labute approximate surface area is 178 Å². The average molecular weight is 403 g/mol. The van der Waals surface area contributed by atoms with Gasteiger partial charge in [0.25, 0.3) is 0 Å². The number of carboxylic acids is 1. The van der Waals surface area contributed by atoms with Crippen LogP contribution in [-0.2, 0) is 9.53 Å². The fourth-order valence-electron chi connectivity index (χ4n) is 3.46. The number of allylic oxidation sites excluding steroid dienone is 2. The Hall–Kier alpha value is -1.61. The second kappa shape index (κ2) is 18.4. The van der Waals surface area contributed by atoms with Crippen molar-refractivity contribution < 1.29 is 14.6 Å². The first kappa shape index (κ1) is 25.4. The zero-order valence-corrected chi connectivity index (χ0v) is 18.5. The van der Waals surface area contributed by atoms with Crippen LogP contribution in [0, 0.1) is 0 Å². The van der Waals surface area contributed by atoms with Crippen LogP contribution in [0.25, 0.3) is 0 Å². The van der Waals surface area contributed by atoms with E-state index in [2.05, 4.69) is 43.3 Å². The van der Waals surface area contributed by atoms with E-state index in [1.54, 1.807) is 0 Å². The van der Waals surface area contributed by atoms with Gasteiger partial charge in [-0.1, -0.05) is 87.4 Å². The lowest BCUT2D eigenvalue weighted by molar-refractivity contribution is -0.137. The maximum atomic E-state index is 10.4. The van der Waals surface area contributed by atoms with Crippen molar-refractivity contribution in [3.05, 3.63) is 48.0 Å². The quantitative estimate of drug-likeness (QED) is 0.189. The molecule has 3 heteroatoms. The van der Waals surface area contributed by atoms with Gasteiger partial charge in [-0.15, -0.1) is 0 Å². The van der Waals surface area contributed by atoms with Gasteiger partial charge in [-0.3, -0.25) is 4.79 Å². The Morgan fingerprint density at radius 1 is 0.828 bits per heavy atom. The molecular formula is C26H42O3. The number of benzene rings is 1. The summed E-state index contributed by atoms with van der Waals surface area (Å²) in [7, 11) is 0. The van der Waals surface area contributed by atoms with Crippen molar-refractivity contribution in [3.8, 4) is 0 Å². The van der Waals surface area contributed by atoms with Gasteiger partial charge in [0.1, 0.15) is 0 Å². The first-order valence-corrected chi connectivity index (χ1v) is 11.7. The third kappa shape index (κ3) is 15.9. The molecule has 1 N–H and O–H groups in total. The minimum Gasteiger partial charge on any atom is -0.481 e. The van der Waals surface area contributed by atoms with E-state index in [-0.39, 0.29) is 6.10 Å². The van der Waals surface area contributed by atoms with E-state index in [1.165, 1.54) is 69.8 Å². The summed E-state index contributed by atoms with van der Waals surface area (Å²) >= 11 is 0. The summed E-state index contributed by atoms with van der Waals surface area (Å²) < 4.78 is 5.93. The smallest absolute Gasteiger partial charge is 0.303 e. The van der Waals surface area contributed by atoms with Gasteiger partial charge >= 0.3 is 5.97 Å². The zero-order valence-electron chi connectivity index (χ0n) is 18.5. The van der Waals surface area contributed by atoms with Crippen LogP contribution in [0.3, 0.4) is 0 Å². The molecule has 1 unspecified atom stereocenters. The molecule has 0 aliphatic rings. The maximum absolute atomic E-state index is 10.4. The Bertz CT molecular complexity index is 524. The van der Waals surface area contributed by atoms with Crippen LogP contribution < -0.4 is 0 Å². The van der Waals surface area contributed by atoms with Gasteiger partial charge in [0.15, 0.2) is 0 Å². The SMILES string of the molecule is CC(OCCCCCCCCCCCC=CCCCCC(=O)O)c1ccccc1. The second-order valence-corrected chi connectivity index (χ2v) is 8.01. The molecule has 0 bridgehead atoms. The number of aliphatic carboxylic acids is 1. The highest BCUT2D eigenvalue weighted by Crippen LogP contribution is 2.17. The Morgan fingerprint density at radius 3 is 1.93 bits per heavy atom. The van der Waals surface area contributed by atoms with Crippen LogP contribution in [0.5, 0.6) is 0 Å². The molecule has 0 fully saturated rings. The largest absolute Gasteiger partial charge is 0.481 e. The molecule has 0 aromatic heterocycles. The molecule has 1 atom stereocenters. The molecule has 0 saturated heterocycles. The molecular weight excluding hydrogens is 360 g/mol. The molecule has 1 rings (SSSR count). The molecule has 0 aliphatic carbocycles. The van der Waals surface area contributed by atoms with Crippen molar-refractivity contribution in [2.24, 2.45) is 0 Å². The molecule has 29 heavy (non-hydrogen) atoms. The molecule has 0 spiro atoms. The topological polar surface area (TPSA) is 46.5 Å². The van der Waals surface area contributed by atoms with Gasteiger partial charge in [0.2, 0.25) is 0 Å². The summed E-state index contributed by atoms with van der Waals surface area (Å²) in [5.74, 6) is -0.684. The minimum atomic E-state index is -0.684. The first-order chi connectivity index (χ1) is 14.2. The summed E-state index contributed by atoms with van der Waals surface area (Å²) in [6.07, 6.45) is 20.7. The second-order valence-electron chi connectivity index (χ2n) is 8.01. The van der Waals surface area contributed by atoms with Crippen molar-refractivity contribution in [1.82, 2.24) is 0 Å². The first-order valence-electron chi connectivity index (χ1n) is 11.7. The van der Waals surface area contributed by atoms with Crippen LogP contribution in [0.1, 0.15) is 108 Å². The van der Waals surface area contributed by atoms with E-state index in [1.807, 2.05) is 6.07 Å². The molecule has 0 amide bonds. The van der Waals surface area contributed by atoms with Crippen LogP contribution in [0.15, 0.2) is 42.5 Å². The van der Waals surface area contributed by atoms with Crippen LogP contribution >= 0.6 is 0 Å². The van der Waals surface area contributed by atoms with Gasteiger partial charge in [0, 0.05) is 13.0 Å². The normalized spacial score (nSPS) is 12.4. The lowest BCUT2D eigenvalue weighted by atomic mass is 10.1. The average Bonchev–Trinajstić information content (AvgIpc) is 2.73. The van der Waals surface area contributed by atoms with Crippen molar-refractivity contribution in [2.45, 2.75) is 103 Å². The monoisotopic (exact) mass is 402 g/mol. The summed E-state index contributed by atoms with van der Waals surface area (Å²) in [6.45, 7) is 3.00. The van der Waals surface area contributed by atoms with Crippen molar-refractivity contribution in [3.63, 3.8) is 0 Å². The molecule has 0 saturated carbocycles. The van der Waals surface area contributed by atoms with Gasteiger partial charge in [-0.2, -0.15) is 0 Å². The lowest BCUT2D eigenvalue weighted by Crippen LogP contribution is -2.01. The van der Waals surface area contributed by atoms with E-state index in [0.29, 0.717) is 6.42 Å². The predicted octanol–water partition coefficient (Wildman–Crippen LogP) is 7.87. The van der Waals surface area contributed by atoms with Gasteiger partial charge < -0.3 is 9.84 Å². The fraction of sp³-hybridized carbons (Fsp3) is 0.654. The third-order valence-corrected chi connectivity index (χ3v) is 5.33. The summed E-state index contributed by atoms with van der Waals surface area (Å²) in [5, 5.41) is 8.57. The number of carbonyl (C=O) groups is 1. The fourth-order valence-corrected chi connectivity index (χ4v) is 3.46. The van der Waals surface area contributed by atoms with Crippen molar-refractivity contribution >= 4 is 5.97 Å². The standard InChI is InChI=1S/C26H42O3/c1-24(25-20-16-15-17-21-25)29-23-19-14-12-10-8-6-4-2-3-5-7-9-11-13-18-22-26(27)28/h7,9,15-17,20-21,24H,2-6,8,10-14,18-19,22-23H2,1H3,(H,27,28). The Morgan fingerprint density at radius 2 is 1.34 bits per heavy atom. The van der Waals surface area contributed by atoms with Gasteiger partial charge in [-0.25, -0.2) is 0 Å². The Balaban J connectivity index is 1.77.